The molecule has 3 rings (SSSR count). The second-order valence-corrected chi connectivity index (χ2v) is 4.53. The fraction of sp³-hybridized carbons (Fsp3) is 0.636. The molecule has 5 heteroatoms. The lowest BCUT2D eigenvalue weighted by atomic mass is 10.2. The number of nitrogens with one attached hydrogen (secondary N) is 2. The van der Waals surface area contributed by atoms with E-state index in [1.54, 1.807) is 0 Å². The van der Waals surface area contributed by atoms with Crippen LogP contribution >= 0.6 is 0 Å². The van der Waals surface area contributed by atoms with Crippen LogP contribution in [-0.2, 0) is 0 Å². The second-order valence-electron chi connectivity index (χ2n) is 4.53. The number of aromatic nitrogens is 2. The molecule has 86 valence electrons. The van der Waals surface area contributed by atoms with Crippen LogP contribution in [0.3, 0.4) is 0 Å². The van der Waals surface area contributed by atoms with Crippen LogP contribution in [0.15, 0.2) is 6.07 Å². The van der Waals surface area contributed by atoms with E-state index >= 15 is 0 Å². The van der Waals surface area contributed by atoms with Crippen LogP contribution in [0, 0.1) is 0 Å². The van der Waals surface area contributed by atoms with Crippen LogP contribution in [0.4, 0.5) is 0 Å². The van der Waals surface area contributed by atoms with Crippen LogP contribution in [0.25, 0.3) is 0 Å². The SMILES string of the molecule is O=C(c1cc(C2CC2)[nH]n1)N1CCNCC1. The van der Waals surface area contributed by atoms with Gasteiger partial charge in [-0.3, -0.25) is 9.89 Å². The second kappa shape index (κ2) is 3.90. The first-order chi connectivity index (χ1) is 7.84. The maximum absolute atomic E-state index is 12.1. The van der Waals surface area contributed by atoms with Crippen molar-refractivity contribution in [2.24, 2.45) is 0 Å². The third kappa shape index (κ3) is 1.82. The molecule has 1 saturated heterocycles. The zero-order valence-corrected chi connectivity index (χ0v) is 9.20. The summed E-state index contributed by atoms with van der Waals surface area (Å²) in [4.78, 5) is 13.9. The van der Waals surface area contributed by atoms with Crippen LogP contribution in [0.5, 0.6) is 0 Å². The van der Waals surface area contributed by atoms with Crippen molar-refractivity contribution >= 4 is 5.91 Å². The minimum Gasteiger partial charge on any atom is -0.335 e. The number of rotatable bonds is 2. The number of aromatic amines is 1. The highest BCUT2D eigenvalue weighted by Gasteiger charge is 2.27. The lowest BCUT2D eigenvalue weighted by molar-refractivity contribution is 0.0730. The molecule has 16 heavy (non-hydrogen) atoms. The van der Waals surface area contributed by atoms with Gasteiger partial charge in [-0.2, -0.15) is 5.10 Å². The summed E-state index contributed by atoms with van der Waals surface area (Å²) in [6.45, 7) is 3.33. The maximum atomic E-state index is 12.1. The van der Waals surface area contributed by atoms with E-state index in [0.29, 0.717) is 11.6 Å². The third-order valence-corrected chi connectivity index (χ3v) is 3.24. The molecule has 2 fully saturated rings. The van der Waals surface area contributed by atoms with Gasteiger partial charge < -0.3 is 10.2 Å². The minimum absolute atomic E-state index is 0.0599. The van der Waals surface area contributed by atoms with Crippen LogP contribution < -0.4 is 5.32 Å². The van der Waals surface area contributed by atoms with Crippen molar-refractivity contribution in [2.75, 3.05) is 26.2 Å². The van der Waals surface area contributed by atoms with E-state index < -0.39 is 0 Å². The van der Waals surface area contributed by atoms with Crippen molar-refractivity contribution in [3.63, 3.8) is 0 Å². The van der Waals surface area contributed by atoms with Crippen molar-refractivity contribution in [3.8, 4) is 0 Å². The molecule has 1 aromatic heterocycles. The van der Waals surface area contributed by atoms with E-state index in [0.717, 1.165) is 31.9 Å². The van der Waals surface area contributed by atoms with Crippen molar-refractivity contribution in [1.29, 1.82) is 0 Å². The van der Waals surface area contributed by atoms with Crippen molar-refractivity contribution < 1.29 is 4.79 Å². The fourth-order valence-corrected chi connectivity index (χ4v) is 2.08. The molecule has 2 N–H and O–H groups in total. The predicted molar refractivity (Wildman–Crippen MR) is 59.3 cm³/mol. The Morgan fingerprint density at radius 3 is 2.81 bits per heavy atom. The molecule has 1 aliphatic heterocycles. The first kappa shape index (κ1) is 9.84. The number of amides is 1. The highest BCUT2D eigenvalue weighted by atomic mass is 16.2. The summed E-state index contributed by atoms with van der Waals surface area (Å²) >= 11 is 0. The Morgan fingerprint density at radius 1 is 1.38 bits per heavy atom. The van der Waals surface area contributed by atoms with Gasteiger partial charge in [0.25, 0.3) is 5.91 Å². The molecule has 1 amide bonds. The Bertz CT molecular complexity index is 390. The molecule has 0 spiro atoms. The summed E-state index contributed by atoms with van der Waals surface area (Å²) in [6, 6.07) is 1.92. The Morgan fingerprint density at radius 2 is 2.12 bits per heavy atom. The lowest BCUT2D eigenvalue weighted by Crippen LogP contribution is -2.46. The molecule has 1 saturated carbocycles. The highest BCUT2D eigenvalue weighted by Crippen LogP contribution is 2.39. The highest BCUT2D eigenvalue weighted by molar-refractivity contribution is 5.92. The third-order valence-electron chi connectivity index (χ3n) is 3.24. The van der Waals surface area contributed by atoms with Gasteiger partial charge in [0.05, 0.1) is 0 Å². The fourth-order valence-electron chi connectivity index (χ4n) is 2.08. The van der Waals surface area contributed by atoms with Gasteiger partial charge in [0, 0.05) is 37.8 Å². The van der Waals surface area contributed by atoms with E-state index in [4.69, 9.17) is 0 Å². The normalized spacial score (nSPS) is 21.1. The van der Waals surface area contributed by atoms with Gasteiger partial charge >= 0.3 is 0 Å². The molecule has 1 aromatic rings. The molecule has 0 unspecified atom stereocenters. The Kier molecular flexibility index (Phi) is 2.40. The van der Waals surface area contributed by atoms with Crippen LogP contribution in [0.1, 0.15) is 34.9 Å². The number of hydrogen-bond acceptors (Lipinski definition) is 3. The molecular weight excluding hydrogens is 204 g/mol. The number of carbonyl (C=O) groups excluding carboxylic acids is 1. The van der Waals surface area contributed by atoms with Crippen LogP contribution in [0.2, 0.25) is 0 Å². The Hall–Kier alpha value is -1.36. The molecule has 2 heterocycles. The molecular formula is C11H16N4O. The lowest BCUT2D eigenvalue weighted by Gasteiger charge is -2.26. The number of piperazine rings is 1. The molecule has 0 radical (unpaired) electrons. The first-order valence-electron chi connectivity index (χ1n) is 5.90. The van der Waals surface area contributed by atoms with E-state index in [-0.39, 0.29) is 5.91 Å². The van der Waals surface area contributed by atoms with Crippen molar-refractivity contribution in [1.82, 2.24) is 20.4 Å². The van der Waals surface area contributed by atoms with Gasteiger partial charge in [0.15, 0.2) is 0 Å². The molecule has 0 aromatic carbocycles. The zero-order chi connectivity index (χ0) is 11.0. The van der Waals surface area contributed by atoms with Gasteiger partial charge in [0.2, 0.25) is 0 Å². The summed E-state index contributed by atoms with van der Waals surface area (Å²) in [7, 11) is 0. The summed E-state index contributed by atoms with van der Waals surface area (Å²) in [5.41, 5.74) is 1.70. The molecule has 2 aliphatic rings. The number of nitrogens with zero attached hydrogens (tertiary/aromatic N) is 2. The molecule has 5 nitrogen and oxygen atoms in total. The van der Waals surface area contributed by atoms with Gasteiger partial charge in [-0.05, 0) is 18.9 Å². The maximum Gasteiger partial charge on any atom is 0.274 e. The monoisotopic (exact) mass is 220 g/mol. The number of carbonyl (C=O) groups is 1. The molecule has 1 aliphatic carbocycles. The summed E-state index contributed by atoms with van der Waals surface area (Å²) < 4.78 is 0. The minimum atomic E-state index is 0.0599. The molecule has 0 atom stereocenters. The van der Waals surface area contributed by atoms with Crippen molar-refractivity contribution in [3.05, 3.63) is 17.5 Å². The van der Waals surface area contributed by atoms with Gasteiger partial charge in [-0.15, -0.1) is 0 Å². The van der Waals surface area contributed by atoms with E-state index in [2.05, 4.69) is 15.5 Å². The summed E-state index contributed by atoms with van der Waals surface area (Å²) in [5, 5.41) is 10.3. The quantitative estimate of drug-likeness (QED) is 0.755. The first-order valence-corrected chi connectivity index (χ1v) is 5.90. The Labute approximate surface area is 94.2 Å². The molecule has 0 bridgehead atoms. The van der Waals surface area contributed by atoms with Gasteiger partial charge in [0.1, 0.15) is 5.69 Å². The van der Waals surface area contributed by atoms with Gasteiger partial charge in [-0.1, -0.05) is 0 Å². The largest absolute Gasteiger partial charge is 0.335 e. The zero-order valence-electron chi connectivity index (χ0n) is 9.20. The average Bonchev–Trinajstić information content (AvgIpc) is 3.08. The average molecular weight is 220 g/mol. The van der Waals surface area contributed by atoms with E-state index in [1.165, 1.54) is 12.8 Å². The number of H-pyrrole nitrogens is 1. The summed E-state index contributed by atoms with van der Waals surface area (Å²) in [6.07, 6.45) is 2.45. The predicted octanol–water partition coefficient (Wildman–Crippen LogP) is 0.332. The number of hydrogen-bond donors (Lipinski definition) is 2. The topological polar surface area (TPSA) is 61.0 Å². The Balaban J connectivity index is 1.71. The van der Waals surface area contributed by atoms with Gasteiger partial charge in [-0.25, -0.2) is 0 Å². The van der Waals surface area contributed by atoms with Crippen molar-refractivity contribution in [2.45, 2.75) is 18.8 Å². The van der Waals surface area contributed by atoms with Crippen LogP contribution in [-0.4, -0.2) is 47.2 Å². The van der Waals surface area contributed by atoms with E-state index in [9.17, 15) is 4.79 Å². The summed E-state index contributed by atoms with van der Waals surface area (Å²) in [5.74, 6) is 0.682. The smallest absolute Gasteiger partial charge is 0.274 e. The van der Waals surface area contributed by atoms with E-state index in [1.807, 2.05) is 11.0 Å². The standard InChI is InChI=1S/C11H16N4O/c16-11(15-5-3-12-4-6-15)10-7-9(13-14-10)8-1-2-8/h7-8,12H,1-6H2,(H,13,14).